The van der Waals surface area contributed by atoms with Gasteiger partial charge in [0.25, 0.3) is 0 Å². The molecule has 0 saturated heterocycles. The van der Waals surface area contributed by atoms with Crippen molar-refractivity contribution in [2.24, 2.45) is 0 Å². The molecule has 0 aliphatic heterocycles. The largest absolute Gasteiger partial charge is 0.423 e. The molecule has 1 aliphatic carbocycles. The van der Waals surface area contributed by atoms with E-state index in [0.717, 1.165) is 39.3 Å². The van der Waals surface area contributed by atoms with Gasteiger partial charge in [0, 0.05) is 19.0 Å². The summed E-state index contributed by atoms with van der Waals surface area (Å²) in [4.78, 5) is 23.0. The number of rotatable bonds is 6. The number of pyridine rings is 1. The SMILES string of the molecule is Cc1nc2c(C3CC3)c(CC(=O)Cc3ccc(-c4nnco4)c(Cl)c3)cnc2s1. The van der Waals surface area contributed by atoms with Crippen LogP contribution in [0, 0.1) is 6.92 Å². The molecule has 1 aliphatic rings. The van der Waals surface area contributed by atoms with Crippen LogP contribution in [0.15, 0.2) is 35.2 Å². The van der Waals surface area contributed by atoms with E-state index in [0.29, 0.717) is 35.2 Å². The van der Waals surface area contributed by atoms with Gasteiger partial charge in [-0.3, -0.25) is 4.79 Å². The Kier molecular flexibility index (Phi) is 4.64. The van der Waals surface area contributed by atoms with E-state index in [1.807, 2.05) is 19.2 Å². The first-order valence-electron chi connectivity index (χ1n) is 9.40. The number of hydrogen-bond donors (Lipinski definition) is 0. The lowest BCUT2D eigenvalue weighted by atomic mass is 9.97. The third kappa shape index (κ3) is 3.68. The van der Waals surface area contributed by atoms with Gasteiger partial charge in [-0.25, -0.2) is 9.97 Å². The molecule has 6 nitrogen and oxygen atoms in total. The highest BCUT2D eigenvalue weighted by Crippen LogP contribution is 2.45. The third-order valence-electron chi connectivity index (χ3n) is 5.05. The van der Waals surface area contributed by atoms with Gasteiger partial charge in [0.2, 0.25) is 12.3 Å². The molecule has 1 fully saturated rings. The van der Waals surface area contributed by atoms with E-state index in [-0.39, 0.29) is 5.78 Å². The predicted molar refractivity (Wildman–Crippen MR) is 111 cm³/mol. The van der Waals surface area contributed by atoms with Gasteiger partial charge in [-0.05, 0) is 54.5 Å². The number of nitrogens with zero attached hydrogens (tertiary/aromatic N) is 4. The van der Waals surface area contributed by atoms with Crippen LogP contribution >= 0.6 is 22.9 Å². The van der Waals surface area contributed by atoms with E-state index in [4.69, 9.17) is 16.0 Å². The van der Waals surface area contributed by atoms with E-state index in [2.05, 4.69) is 20.2 Å². The first-order valence-corrected chi connectivity index (χ1v) is 10.6. The number of aromatic nitrogens is 4. The number of thiazole rings is 1. The monoisotopic (exact) mass is 424 g/mol. The fourth-order valence-corrected chi connectivity index (χ4v) is 4.70. The first kappa shape index (κ1) is 18.4. The molecule has 3 aromatic heterocycles. The van der Waals surface area contributed by atoms with Gasteiger partial charge >= 0.3 is 0 Å². The van der Waals surface area contributed by atoms with Gasteiger partial charge in [-0.15, -0.1) is 10.2 Å². The molecule has 0 radical (unpaired) electrons. The number of fused-ring (bicyclic) bond motifs is 1. The highest BCUT2D eigenvalue weighted by atomic mass is 35.5. The fraction of sp³-hybridized carbons (Fsp3) is 0.286. The van der Waals surface area contributed by atoms with Crippen LogP contribution in [-0.2, 0) is 17.6 Å². The average Bonchev–Trinajstić information content (AvgIpc) is 3.21. The van der Waals surface area contributed by atoms with Crippen LogP contribution in [0.2, 0.25) is 5.02 Å². The summed E-state index contributed by atoms with van der Waals surface area (Å²) in [6, 6.07) is 5.46. The second-order valence-corrected chi connectivity index (χ2v) is 8.90. The quantitative estimate of drug-likeness (QED) is 0.436. The lowest BCUT2D eigenvalue weighted by molar-refractivity contribution is -0.117. The number of hydrogen-bond acceptors (Lipinski definition) is 7. The summed E-state index contributed by atoms with van der Waals surface area (Å²) >= 11 is 7.96. The van der Waals surface area contributed by atoms with Crippen molar-refractivity contribution in [2.45, 2.75) is 38.5 Å². The van der Waals surface area contributed by atoms with Crippen LogP contribution in [0.1, 0.15) is 40.5 Å². The Hall–Kier alpha value is -2.64. The second-order valence-electron chi connectivity index (χ2n) is 7.31. The van der Waals surface area contributed by atoms with Gasteiger partial charge in [0.05, 0.1) is 15.6 Å². The van der Waals surface area contributed by atoms with Gasteiger partial charge < -0.3 is 4.42 Å². The predicted octanol–water partition coefficient (Wildman–Crippen LogP) is 4.93. The standard InChI is InChI=1S/C21H17ClN4O2S/c1-11-25-19-18(13-3-4-13)14(9-23-21(19)29-11)8-15(27)6-12-2-5-16(17(22)7-12)20-26-24-10-28-20/h2,5,7,9-10,13H,3-4,6,8H2,1H3. The van der Waals surface area contributed by atoms with Crippen LogP contribution in [0.25, 0.3) is 21.8 Å². The summed E-state index contributed by atoms with van der Waals surface area (Å²) in [5, 5.41) is 9.03. The Morgan fingerprint density at radius 1 is 1.31 bits per heavy atom. The molecule has 146 valence electrons. The van der Waals surface area contributed by atoms with Crippen molar-refractivity contribution in [3.8, 4) is 11.5 Å². The molecule has 4 aromatic rings. The van der Waals surface area contributed by atoms with E-state index in [1.165, 1.54) is 12.0 Å². The number of benzene rings is 1. The first-order chi connectivity index (χ1) is 14.1. The smallest absolute Gasteiger partial charge is 0.248 e. The lowest BCUT2D eigenvalue weighted by Gasteiger charge is -2.09. The fourth-order valence-electron chi connectivity index (χ4n) is 3.64. The number of carbonyl (C=O) groups excluding carboxylic acids is 1. The van der Waals surface area contributed by atoms with Crippen molar-refractivity contribution in [1.82, 2.24) is 20.2 Å². The molecule has 3 heterocycles. The number of aryl methyl sites for hydroxylation is 1. The van der Waals surface area contributed by atoms with Crippen molar-refractivity contribution in [3.05, 3.63) is 57.5 Å². The summed E-state index contributed by atoms with van der Waals surface area (Å²) in [7, 11) is 0. The van der Waals surface area contributed by atoms with Crippen molar-refractivity contribution in [2.75, 3.05) is 0 Å². The normalized spacial score (nSPS) is 13.9. The Bertz CT molecular complexity index is 1220. The van der Waals surface area contributed by atoms with Crippen LogP contribution < -0.4 is 0 Å². The molecule has 0 unspecified atom stereocenters. The zero-order valence-electron chi connectivity index (χ0n) is 15.7. The maximum Gasteiger partial charge on any atom is 0.248 e. The molecule has 1 aromatic carbocycles. The number of ketones is 1. The van der Waals surface area contributed by atoms with Crippen LogP contribution in [0.4, 0.5) is 0 Å². The average molecular weight is 425 g/mol. The summed E-state index contributed by atoms with van der Waals surface area (Å²) in [6.45, 7) is 2.00. The molecule has 8 heteroatoms. The molecule has 5 rings (SSSR count). The van der Waals surface area contributed by atoms with Gasteiger partial charge in [0.15, 0.2) is 0 Å². The van der Waals surface area contributed by atoms with E-state index < -0.39 is 0 Å². The van der Waals surface area contributed by atoms with Gasteiger partial charge in [-0.2, -0.15) is 0 Å². The van der Waals surface area contributed by atoms with Crippen molar-refractivity contribution in [3.63, 3.8) is 0 Å². The van der Waals surface area contributed by atoms with Gasteiger partial charge in [0.1, 0.15) is 16.1 Å². The molecular formula is C21H17ClN4O2S. The maximum atomic E-state index is 12.8. The summed E-state index contributed by atoms with van der Waals surface area (Å²) < 4.78 is 5.19. The molecule has 0 N–H and O–H groups in total. The van der Waals surface area contributed by atoms with Crippen molar-refractivity contribution < 1.29 is 9.21 Å². The zero-order valence-corrected chi connectivity index (χ0v) is 17.3. The zero-order chi connectivity index (χ0) is 20.0. The maximum absolute atomic E-state index is 12.8. The number of halogens is 1. The number of carbonyl (C=O) groups is 1. The molecule has 1 saturated carbocycles. The molecule has 0 atom stereocenters. The summed E-state index contributed by atoms with van der Waals surface area (Å²) in [5.41, 5.74) is 4.72. The van der Waals surface area contributed by atoms with Crippen LogP contribution in [-0.4, -0.2) is 25.9 Å². The van der Waals surface area contributed by atoms with E-state index in [9.17, 15) is 4.79 Å². The summed E-state index contributed by atoms with van der Waals surface area (Å²) in [6.07, 6.45) is 6.09. The van der Waals surface area contributed by atoms with Crippen LogP contribution in [0.3, 0.4) is 0 Å². The van der Waals surface area contributed by atoms with E-state index >= 15 is 0 Å². The molecule has 29 heavy (non-hydrogen) atoms. The molecule has 0 bridgehead atoms. The molecular weight excluding hydrogens is 408 g/mol. The summed E-state index contributed by atoms with van der Waals surface area (Å²) in [5.74, 6) is 0.995. The Balaban J connectivity index is 1.37. The Morgan fingerprint density at radius 3 is 2.90 bits per heavy atom. The highest BCUT2D eigenvalue weighted by Gasteiger charge is 2.30. The number of Topliss-reactive ketones (excluding diaryl/α,β-unsaturated/α-hetero) is 1. The molecule has 0 amide bonds. The molecule has 0 spiro atoms. The minimum atomic E-state index is 0.126. The Labute approximate surface area is 176 Å². The second kappa shape index (κ2) is 7.31. The van der Waals surface area contributed by atoms with Gasteiger partial charge in [-0.1, -0.05) is 29.0 Å². The topological polar surface area (TPSA) is 81.8 Å². The van der Waals surface area contributed by atoms with E-state index in [1.54, 1.807) is 23.5 Å². The lowest BCUT2D eigenvalue weighted by Crippen LogP contribution is -2.09. The highest BCUT2D eigenvalue weighted by molar-refractivity contribution is 7.18. The Morgan fingerprint density at radius 2 is 2.17 bits per heavy atom. The van der Waals surface area contributed by atoms with Crippen molar-refractivity contribution in [1.29, 1.82) is 0 Å². The van der Waals surface area contributed by atoms with Crippen molar-refractivity contribution >= 4 is 39.1 Å². The minimum Gasteiger partial charge on any atom is -0.423 e. The van der Waals surface area contributed by atoms with Crippen LogP contribution in [0.5, 0.6) is 0 Å². The minimum absolute atomic E-state index is 0.126. The third-order valence-corrected chi connectivity index (χ3v) is 6.24.